The van der Waals surface area contributed by atoms with Crippen molar-refractivity contribution in [3.63, 3.8) is 0 Å². The number of nitrogens with zero attached hydrogens (tertiary/aromatic N) is 1. The van der Waals surface area contributed by atoms with Crippen LogP contribution in [0.3, 0.4) is 0 Å². The van der Waals surface area contributed by atoms with Crippen LogP contribution in [-0.2, 0) is 10.0 Å². The molecule has 0 aliphatic heterocycles. The van der Waals surface area contributed by atoms with Crippen LogP contribution in [0.25, 0.3) is 0 Å². The van der Waals surface area contributed by atoms with Gasteiger partial charge < -0.3 is 5.73 Å². The summed E-state index contributed by atoms with van der Waals surface area (Å²) in [4.78, 5) is 9.81. The lowest BCUT2D eigenvalue weighted by molar-refractivity contribution is -0.385. The number of halogens is 1. The lowest BCUT2D eigenvalue weighted by Gasteiger charge is -2.19. The molecule has 0 unspecified atom stereocenters. The summed E-state index contributed by atoms with van der Waals surface area (Å²) in [6.07, 6.45) is 0. The molecule has 1 rings (SSSR count). The van der Waals surface area contributed by atoms with Crippen molar-refractivity contribution >= 4 is 27.3 Å². The molecule has 0 aliphatic carbocycles. The van der Waals surface area contributed by atoms with Gasteiger partial charge >= 0.3 is 0 Å². The van der Waals surface area contributed by atoms with E-state index in [9.17, 15) is 18.5 Å². The summed E-state index contributed by atoms with van der Waals surface area (Å²) in [5.74, 6) is 0. The molecule has 0 amide bonds. The van der Waals surface area contributed by atoms with Gasteiger partial charge in [0.15, 0.2) is 0 Å². The Kier molecular flexibility index (Phi) is 4.75. The van der Waals surface area contributed by atoms with Gasteiger partial charge in [0.2, 0.25) is 10.0 Å². The van der Waals surface area contributed by atoms with Crippen LogP contribution in [0.1, 0.15) is 19.4 Å². The molecule has 0 saturated heterocycles. The predicted molar refractivity (Wildman–Crippen MR) is 76.3 cm³/mol. The Morgan fingerprint density at radius 1 is 1.45 bits per heavy atom. The van der Waals surface area contributed by atoms with E-state index in [0.29, 0.717) is 5.56 Å². The van der Waals surface area contributed by atoms with Crippen molar-refractivity contribution in [2.45, 2.75) is 31.2 Å². The van der Waals surface area contributed by atoms with E-state index < -0.39 is 31.2 Å². The first kappa shape index (κ1) is 16.8. The van der Waals surface area contributed by atoms with E-state index >= 15 is 0 Å². The first-order valence-corrected chi connectivity index (χ1v) is 7.53. The number of nitrogens with two attached hydrogens (primary N) is 1. The Hall–Kier alpha value is -1.22. The first-order valence-electron chi connectivity index (χ1n) is 5.67. The molecule has 0 bridgehead atoms. The van der Waals surface area contributed by atoms with Gasteiger partial charge in [0.25, 0.3) is 5.69 Å². The van der Waals surface area contributed by atoms with Crippen molar-refractivity contribution in [3.05, 3.63) is 32.8 Å². The summed E-state index contributed by atoms with van der Waals surface area (Å²) in [5.41, 5.74) is 4.92. The van der Waals surface area contributed by atoms with Gasteiger partial charge in [-0.25, -0.2) is 13.1 Å². The minimum Gasteiger partial charge on any atom is -0.324 e. The molecule has 0 saturated carbocycles. The Morgan fingerprint density at radius 2 is 2.00 bits per heavy atom. The third kappa shape index (κ3) is 4.14. The third-order valence-electron chi connectivity index (χ3n) is 2.37. The van der Waals surface area contributed by atoms with Crippen LogP contribution >= 0.6 is 11.6 Å². The molecule has 3 N–H and O–H groups in total. The maximum absolute atomic E-state index is 12.2. The number of sulfonamides is 1. The molecule has 9 heteroatoms. The van der Waals surface area contributed by atoms with Crippen molar-refractivity contribution in [1.82, 2.24) is 4.72 Å². The first-order chi connectivity index (χ1) is 8.94. The van der Waals surface area contributed by atoms with Gasteiger partial charge in [0, 0.05) is 18.2 Å². The van der Waals surface area contributed by atoms with Crippen LogP contribution in [0.4, 0.5) is 5.69 Å². The number of rotatable bonds is 5. The van der Waals surface area contributed by atoms with Crippen molar-refractivity contribution in [3.8, 4) is 0 Å². The van der Waals surface area contributed by atoms with Gasteiger partial charge in [-0.05, 0) is 32.4 Å². The second-order valence-corrected chi connectivity index (χ2v) is 7.28. The van der Waals surface area contributed by atoms with E-state index in [2.05, 4.69) is 4.72 Å². The fourth-order valence-corrected chi connectivity index (χ4v) is 3.29. The minimum atomic E-state index is -3.97. The zero-order valence-corrected chi connectivity index (χ0v) is 12.9. The number of nitrogens with one attached hydrogen (secondary N) is 1. The second kappa shape index (κ2) is 5.65. The van der Waals surface area contributed by atoms with Crippen molar-refractivity contribution in [2.24, 2.45) is 5.73 Å². The molecule has 7 nitrogen and oxygen atoms in total. The molecular weight excluding hydrogens is 306 g/mol. The van der Waals surface area contributed by atoms with E-state index in [1.807, 2.05) is 0 Å². The second-order valence-electron chi connectivity index (χ2n) is 5.17. The van der Waals surface area contributed by atoms with E-state index in [1.54, 1.807) is 20.8 Å². The SMILES string of the molecule is Cc1cc([N+](=O)[O-])c(Cl)c(S(=O)(=O)NCC(C)(C)N)c1. The molecule has 1 aromatic carbocycles. The highest BCUT2D eigenvalue weighted by molar-refractivity contribution is 7.89. The minimum absolute atomic E-state index is 0.0204. The molecular formula is C11H16ClN3O4S. The molecule has 20 heavy (non-hydrogen) atoms. The monoisotopic (exact) mass is 321 g/mol. The molecule has 112 valence electrons. The Bertz CT molecular complexity index is 638. The summed E-state index contributed by atoms with van der Waals surface area (Å²) < 4.78 is 26.6. The predicted octanol–water partition coefficient (Wildman–Crippen LogP) is 1.57. The van der Waals surface area contributed by atoms with Crippen molar-refractivity contribution in [1.29, 1.82) is 0 Å². The van der Waals surface area contributed by atoms with Gasteiger partial charge in [0.1, 0.15) is 9.92 Å². The number of hydrogen-bond acceptors (Lipinski definition) is 5. The average molecular weight is 322 g/mol. The molecule has 0 heterocycles. The van der Waals surface area contributed by atoms with Crippen LogP contribution in [0.5, 0.6) is 0 Å². The molecule has 0 atom stereocenters. The maximum atomic E-state index is 12.2. The Morgan fingerprint density at radius 3 is 2.45 bits per heavy atom. The Labute approximate surface area is 122 Å². The van der Waals surface area contributed by atoms with Gasteiger partial charge in [-0.1, -0.05) is 11.6 Å². The number of nitro benzene ring substituents is 1. The van der Waals surface area contributed by atoms with Gasteiger partial charge in [-0.3, -0.25) is 10.1 Å². The van der Waals surface area contributed by atoms with Gasteiger partial charge in [-0.2, -0.15) is 0 Å². The van der Waals surface area contributed by atoms with Crippen LogP contribution in [0.2, 0.25) is 5.02 Å². The van der Waals surface area contributed by atoms with Crippen molar-refractivity contribution in [2.75, 3.05) is 6.54 Å². The van der Waals surface area contributed by atoms with E-state index in [4.69, 9.17) is 17.3 Å². The summed E-state index contributed by atoms with van der Waals surface area (Å²) in [5, 5.41) is 10.4. The Balaban J connectivity index is 3.29. The summed E-state index contributed by atoms with van der Waals surface area (Å²) in [6, 6.07) is 2.50. The summed E-state index contributed by atoms with van der Waals surface area (Å²) in [7, 11) is -3.97. The molecule has 1 aromatic rings. The molecule has 0 spiro atoms. The fourth-order valence-electron chi connectivity index (χ4n) is 1.40. The zero-order chi connectivity index (χ0) is 15.7. The smallest absolute Gasteiger partial charge is 0.289 e. The number of benzene rings is 1. The number of aryl methyl sites for hydroxylation is 1. The average Bonchev–Trinajstić information content (AvgIpc) is 2.28. The fraction of sp³-hybridized carbons (Fsp3) is 0.455. The largest absolute Gasteiger partial charge is 0.324 e. The van der Waals surface area contributed by atoms with Crippen LogP contribution in [0, 0.1) is 17.0 Å². The van der Waals surface area contributed by atoms with Crippen LogP contribution < -0.4 is 10.5 Å². The molecule has 0 aliphatic rings. The van der Waals surface area contributed by atoms with E-state index in [0.717, 1.165) is 0 Å². The van der Waals surface area contributed by atoms with Gasteiger partial charge in [0.05, 0.1) is 4.92 Å². The highest BCUT2D eigenvalue weighted by Gasteiger charge is 2.26. The summed E-state index contributed by atoms with van der Waals surface area (Å²) in [6.45, 7) is 4.83. The highest BCUT2D eigenvalue weighted by atomic mass is 35.5. The molecule has 0 fully saturated rings. The van der Waals surface area contributed by atoms with Crippen molar-refractivity contribution < 1.29 is 13.3 Å². The quantitative estimate of drug-likeness (QED) is 0.631. The molecule has 0 aromatic heterocycles. The number of nitro groups is 1. The summed E-state index contributed by atoms with van der Waals surface area (Å²) >= 11 is 5.82. The number of hydrogen-bond donors (Lipinski definition) is 2. The zero-order valence-electron chi connectivity index (χ0n) is 11.3. The van der Waals surface area contributed by atoms with Gasteiger partial charge in [-0.15, -0.1) is 0 Å². The van der Waals surface area contributed by atoms with E-state index in [1.165, 1.54) is 12.1 Å². The lowest BCUT2D eigenvalue weighted by atomic mass is 10.1. The van der Waals surface area contributed by atoms with Crippen LogP contribution in [-0.4, -0.2) is 25.4 Å². The van der Waals surface area contributed by atoms with E-state index in [-0.39, 0.29) is 11.4 Å². The van der Waals surface area contributed by atoms with Crippen LogP contribution in [0.15, 0.2) is 17.0 Å². The highest BCUT2D eigenvalue weighted by Crippen LogP contribution is 2.32. The third-order valence-corrected chi connectivity index (χ3v) is 4.30. The molecule has 0 radical (unpaired) electrons. The topological polar surface area (TPSA) is 115 Å². The maximum Gasteiger partial charge on any atom is 0.289 e. The lowest BCUT2D eigenvalue weighted by Crippen LogP contribution is -2.45. The standard InChI is InChI=1S/C11H16ClN3O4S/c1-7-4-8(15(16)17)10(12)9(5-7)20(18,19)14-6-11(2,3)13/h4-5,14H,6,13H2,1-3H3. The normalized spacial score (nSPS) is 12.4.